The van der Waals surface area contributed by atoms with E-state index in [1.54, 1.807) is 12.1 Å². The molecule has 0 amide bonds. The maximum Gasteiger partial charge on any atom is 0.263 e. The molecule has 1 N–H and O–H groups in total. The summed E-state index contributed by atoms with van der Waals surface area (Å²) in [6.07, 6.45) is 2.51. The summed E-state index contributed by atoms with van der Waals surface area (Å²) >= 11 is 0. The minimum Gasteiger partial charge on any atom is -0.263 e. The molecule has 0 saturated heterocycles. The molecule has 0 spiro atoms. The van der Waals surface area contributed by atoms with Crippen LogP contribution in [0.5, 0.6) is 0 Å². The zero-order valence-electron chi connectivity index (χ0n) is 8.59. The maximum atomic E-state index is 12.7. The molecule has 1 aromatic carbocycles. The average Bonchev–Trinajstić information content (AvgIpc) is 2.30. The van der Waals surface area contributed by atoms with Crippen LogP contribution < -0.4 is 4.72 Å². The summed E-state index contributed by atoms with van der Waals surface area (Å²) < 4.78 is 38.6. The molecule has 1 aromatic heterocycles. The number of nitrogens with one attached hydrogen (secondary N) is 1. The molecule has 6 heteroatoms. The standard InChI is InChI=1S/C11H8FN2O2S/c12-9-4-6-10(7-5-9)17(15,16)14-11-3-1-2-8-13-11/h1-7H,(H,13,14). The van der Waals surface area contributed by atoms with Gasteiger partial charge in [0.1, 0.15) is 11.6 Å². The first-order chi connectivity index (χ1) is 8.08. The van der Waals surface area contributed by atoms with Crippen molar-refractivity contribution < 1.29 is 12.8 Å². The third-order valence-electron chi connectivity index (χ3n) is 1.97. The zero-order valence-corrected chi connectivity index (χ0v) is 9.41. The van der Waals surface area contributed by atoms with E-state index in [1.165, 1.54) is 18.2 Å². The second-order valence-corrected chi connectivity index (χ2v) is 4.89. The van der Waals surface area contributed by atoms with Crippen molar-refractivity contribution in [3.8, 4) is 0 Å². The number of anilines is 1. The van der Waals surface area contributed by atoms with E-state index in [4.69, 9.17) is 0 Å². The fourth-order valence-corrected chi connectivity index (χ4v) is 2.19. The molecule has 0 atom stereocenters. The summed E-state index contributed by atoms with van der Waals surface area (Å²) in [6, 6.07) is 9.19. The molecule has 87 valence electrons. The Morgan fingerprint density at radius 2 is 1.88 bits per heavy atom. The lowest BCUT2D eigenvalue weighted by molar-refractivity contribution is 0.599. The summed E-state index contributed by atoms with van der Waals surface area (Å²) in [4.78, 5) is 3.69. The van der Waals surface area contributed by atoms with Crippen molar-refractivity contribution in [2.24, 2.45) is 0 Å². The van der Waals surface area contributed by atoms with Crippen molar-refractivity contribution in [3.05, 3.63) is 54.5 Å². The van der Waals surface area contributed by atoms with Gasteiger partial charge in [-0.25, -0.2) is 17.8 Å². The lowest BCUT2D eigenvalue weighted by Crippen LogP contribution is -2.13. The third kappa shape index (κ3) is 2.79. The van der Waals surface area contributed by atoms with Crippen LogP contribution in [0.3, 0.4) is 0 Å². The Kier molecular flexibility index (Phi) is 3.06. The number of rotatable bonds is 3. The zero-order chi connectivity index (χ0) is 12.3. The highest BCUT2D eigenvalue weighted by atomic mass is 32.2. The van der Waals surface area contributed by atoms with Crippen LogP contribution in [0.4, 0.5) is 10.2 Å². The fourth-order valence-electron chi connectivity index (χ4n) is 1.19. The smallest absolute Gasteiger partial charge is 0.263 e. The predicted molar refractivity (Wildman–Crippen MR) is 60.3 cm³/mol. The van der Waals surface area contributed by atoms with Crippen LogP contribution in [0.1, 0.15) is 0 Å². The summed E-state index contributed by atoms with van der Waals surface area (Å²) in [5.74, 6) is -0.327. The summed E-state index contributed by atoms with van der Waals surface area (Å²) in [6.45, 7) is 0. The first-order valence-electron chi connectivity index (χ1n) is 4.69. The van der Waals surface area contributed by atoms with Gasteiger partial charge in [-0.15, -0.1) is 0 Å². The second kappa shape index (κ2) is 4.50. The molecule has 0 bridgehead atoms. The number of sulfonamides is 1. The third-order valence-corrected chi connectivity index (χ3v) is 3.34. The molecule has 0 saturated carbocycles. The van der Waals surface area contributed by atoms with E-state index in [0.29, 0.717) is 0 Å². The van der Waals surface area contributed by atoms with Gasteiger partial charge >= 0.3 is 0 Å². The van der Waals surface area contributed by atoms with Gasteiger partial charge in [0.2, 0.25) is 0 Å². The SMILES string of the molecule is O=S(=O)(Nc1ccc[c]n1)c1ccc(F)cc1. The quantitative estimate of drug-likeness (QED) is 0.905. The average molecular weight is 251 g/mol. The molecule has 0 aliphatic carbocycles. The first-order valence-corrected chi connectivity index (χ1v) is 6.18. The van der Waals surface area contributed by atoms with Gasteiger partial charge in [-0.2, -0.15) is 0 Å². The van der Waals surface area contributed by atoms with Crippen LogP contribution >= 0.6 is 0 Å². The number of aromatic nitrogens is 1. The molecule has 2 rings (SSSR count). The number of halogens is 1. The Hall–Kier alpha value is -1.95. The van der Waals surface area contributed by atoms with Gasteiger partial charge < -0.3 is 0 Å². The molecule has 0 aliphatic heterocycles. The first kappa shape index (κ1) is 11.5. The molecule has 1 radical (unpaired) electrons. The number of hydrogen-bond acceptors (Lipinski definition) is 3. The van der Waals surface area contributed by atoms with E-state index in [2.05, 4.69) is 15.9 Å². The van der Waals surface area contributed by atoms with Crippen LogP contribution in [0, 0.1) is 12.0 Å². The largest absolute Gasteiger partial charge is 0.263 e. The van der Waals surface area contributed by atoms with Crippen LogP contribution in [0.25, 0.3) is 0 Å². The monoisotopic (exact) mass is 251 g/mol. The Balaban J connectivity index is 2.29. The van der Waals surface area contributed by atoms with E-state index < -0.39 is 15.8 Å². The van der Waals surface area contributed by atoms with Gasteiger partial charge in [-0.05, 0) is 36.4 Å². The maximum absolute atomic E-state index is 12.7. The molecule has 17 heavy (non-hydrogen) atoms. The highest BCUT2D eigenvalue weighted by molar-refractivity contribution is 7.92. The van der Waals surface area contributed by atoms with Crippen molar-refractivity contribution in [3.63, 3.8) is 0 Å². The minimum absolute atomic E-state index is 0.0236. The van der Waals surface area contributed by atoms with Gasteiger partial charge in [-0.3, -0.25) is 4.72 Å². The number of hydrogen-bond donors (Lipinski definition) is 1. The molecule has 1 heterocycles. The molecule has 4 nitrogen and oxygen atoms in total. The summed E-state index contributed by atoms with van der Waals surface area (Å²) in [7, 11) is -3.73. The van der Waals surface area contributed by atoms with Gasteiger partial charge in [0.25, 0.3) is 10.0 Å². The van der Waals surface area contributed by atoms with E-state index in [-0.39, 0.29) is 10.7 Å². The molecule has 0 aliphatic rings. The number of pyridine rings is 1. The Morgan fingerprint density at radius 3 is 2.47 bits per heavy atom. The molecule has 0 fully saturated rings. The highest BCUT2D eigenvalue weighted by Crippen LogP contribution is 2.13. The van der Waals surface area contributed by atoms with Crippen molar-refractivity contribution in [2.45, 2.75) is 4.90 Å². The lowest BCUT2D eigenvalue weighted by Gasteiger charge is -2.06. The summed E-state index contributed by atoms with van der Waals surface area (Å²) in [5.41, 5.74) is 0. The van der Waals surface area contributed by atoms with Gasteiger partial charge in [0.05, 0.1) is 11.1 Å². The van der Waals surface area contributed by atoms with Crippen molar-refractivity contribution in [2.75, 3.05) is 4.72 Å². The topological polar surface area (TPSA) is 59.1 Å². The van der Waals surface area contributed by atoms with E-state index in [1.807, 2.05) is 0 Å². The molecular weight excluding hydrogens is 243 g/mol. The molecule has 2 aromatic rings. The van der Waals surface area contributed by atoms with Crippen molar-refractivity contribution in [1.82, 2.24) is 4.98 Å². The van der Waals surface area contributed by atoms with Crippen LogP contribution in [0.15, 0.2) is 47.4 Å². The van der Waals surface area contributed by atoms with Gasteiger partial charge in [-0.1, -0.05) is 6.07 Å². The number of benzene rings is 1. The predicted octanol–water partition coefficient (Wildman–Crippen LogP) is 1.82. The van der Waals surface area contributed by atoms with Crippen molar-refractivity contribution in [1.29, 1.82) is 0 Å². The summed E-state index contributed by atoms with van der Waals surface area (Å²) in [5, 5.41) is 0. The normalized spacial score (nSPS) is 11.1. The van der Waals surface area contributed by atoms with Gasteiger partial charge in [0.15, 0.2) is 0 Å². The van der Waals surface area contributed by atoms with E-state index in [9.17, 15) is 12.8 Å². The molecule has 0 unspecified atom stereocenters. The van der Waals surface area contributed by atoms with Crippen molar-refractivity contribution >= 4 is 15.8 Å². The van der Waals surface area contributed by atoms with E-state index in [0.717, 1.165) is 12.1 Å². The Bertz CT molecular complexity index is 597. The molecular formula is C11H8FN2O2S. The Labute approximate surface area is 98.2 Å². The Morgan fingerprint density at radius 1 is 1.18 bits per heavy atom. The van der Waals surface area contributed by atoms with Crippen LogP contribution in [-0.2, 0) is 10.0 Å². The van der Waals surface area contributed by atoms with Crippen LogP contribution in [-0.4, -0.2) is 13.4 Å². The highest BCUT2D eigenvalue weighted by Gasteiger charge is 2.14. The van der Waals surface area contributed by atoms with Crippen LogP contribution in [0.2, 0.25) is 0 Å². The van der Waals surface area contributed by atoms with E-state index >= 15 is 0 Å². The second-order valence-electron chi connectivity index (χ2n) is 3.21. The fraction of sp³-hybridized carbons (Fsp3) is 0. The minimum atomic E-state index is -3.73. The number of nitrogens with zero attached hydrogens (tertiary/aromatic N) is 1. The lowest BCUT2D eigenvalue weighted by atomic mass is 10.4. The van der Waals surface area contributed by atoms with Gasteiger partial charge in [0, 0.05) is 0 Å².